The lowest BCUT2D eigenvalue weighted by atomic mass is 10.1. The lowest BCUT2D eigenvalue weighted by Crippen LogP contribution is -2.34. The maximum atomic E-state index is 11.9. The zero-order valence-corrected chi connectivity index (χ0v) is 10.7. The van der Waals surface area contributed by atoms with Gasteiger partial charge in [-0.3, -0.25) is 9.71 Å². The van der Waals surface area contributed by atoms with Crippen molar-refractivity contribution >= 4 is 15.9 Å². The van der Waals surface area contributed by atoms with E-state index >= 15 is 0 Å². The highest BCUT2D eigenvalue weighted by molar-refractivity contribution is 7.90. The van der Waals surface area contributed by atoms with Gasteiger partial charge in [0.1, 0.15) is 5.84 Å². The van der Waals surface area contributed by atoms with Crippen LogP contribution in [0.5, 0.6) is 0 Å². The zero-order chi connectivity index (χ0) is 12.6. The molecule has 2 N–H and O–H groups in total. The monoisotopic (exact) mass is 265 g/mol. The normalized spacial score (nSPS) is 27.8. The van der Waals surface area contributed by atoms with Crippen LogP contribution in [0.25, 0.3) is 0 Å². The lowest BCUT2D eigenvalue weighted by molar-refractivity contribution is 0.460. The Morgan fingerprint density at radius 1 is 1.28 bits per heavy atom. The second kappa shape index (κ2) is 4.37. The molecule has 6 heteroatoms. The predicted octanol–water partition coefficient (Wildman–Crippen LogP) is 0.477. The first-order valence-electron chi connectivity index (χ1n) is 6.07. The topological polar surface area (TPSA) is 70.6 Å². The van der Waals surface area contributed by atoms with Crippen LogP contribution in [-0.4, -0.2) is 33.4 Å². The highest BCUT2D eigenvalue weighted by Crippen LogP contribution is 2.23. The Bertz CT molecular complexity index is 589. The number of rotatable bonds is 1. The molecule has 5 nitrogen and oxygen atoms in total. The first kappa shape index (κ1) is 11.7. The van der Waals surface area contributed by atoms with E-state index in [0.717, 1.165) is 25.9 Å². The van der Waals surface area contributed by atoms with Crippen molar-refractivity contribution in [2.45, 2.75) is 23.8 Å². The summed E-state index contributed by atoms with van der Waals surface area (Å²) in [5.41, 5.74) is 0.683. The van der Waals surface area contributed by atoms with Crippen molar-refractivity contribution in [3.8, 4) is 0 Å². The molecule has 2 aliphatic heterocycles. The molecule has 1 atom stereocenters. The fourth-order valence-corrected chi connectivity index (χ4v) is 3.60. The van der Waals surface area contributed by atoms with E-state index in [1.165, 1.54) is 0 Å². The number of hydrogen-bond donors (Lipinski definition) is 2. The summed E-state index contributed by atoms with van der Waals surface area (Å²) in [6.45, 7) is 1.83. The quantitative estimate of drug-likeness (QED) is 0.776. The molecule has 1 saturated heterocycles. The summed E-state index contributed by atoms with van der Waals surface area (Å²) in [5.74, 6) is 0.485. The molecule has 2 heterocycles. The van der Waals surface area contributed by atoms with Crippen LogP contribution in [0.3, 0.4) is 0 Å². The van der Waals surface area contributed by atoms with Crippen molar-refractivity contribution in [3.05, 3.63) is 29.8 Å². The fourth-order valence-electron chi connectivity index (χ4n) is 2.36. The van der Waals surface area contributed by atoms with Crippen LogP contribution in [0.1, 0.15) is 18.4 Å². The van der Waals surface area contributed by atoms with E-state index in [1.807, 2.05) is 6.07 Å². The summed E-state index contributed by atoms with van der Waals surface area (Å²) in [6, 6.07) is 7.11. The molecule has 0 unspecified atom stereocenters. The van der Waals surface area contributed by atoms with Crippen LogP contribution in [0.2, 0.25) is 0 Å². The van der Waals surface area contributed by atoms with Gasteiger partial charge in [-0.25, -0.2) is 8.42 Å². The maximum Gasteiger partial charge on any atom is 0.263 e. The highest BCUT2D eigenvalue weighted by atomic mass is 32.2. The van der Waals surface area contributed by atoms with E-state index < -0.39 is 10.0 Å². The van der Waals surface area contributed by atoms with Gasteiger partial charge in [-0.1, -0.05) is 12.1 Å². The number of benzene rings is 1. The Balaban J connectivity index is 1.98. The van der Waals surface area contributed by atoms with E-state index in [-0.39, 0.29) is 6.04 Å². The van der Waals surface area contributed by atoms with Gasteiger partial charge in [-0.2, -0.15) is 0 Å². The highest BCUT2D eigenvalue weighted by Gasteiger charge is 2.30. The van der Waals surface area contributed by atoms with Crippen LogP contribution in [0, 0.1) is 0 Å². The second-order valence-electron chi connectivity index (χ2n) is 4.58. The molecule has 1 aromatic carbocycles. The van der Waals surface area contributed by atoms with Crippen LogP contribution < -0.4 is 10.0 Å². The van der Waals surface area contributed by atoms with E-state index in [4.69, 9.17) is 0 Å². The average molecular weight is 265 g/mol. The maximum absolute atomic E-state index is 11.9. The van der Waals surface area contributed by atoms with Gasteiger partial charge < -0.3 is 5.32 Å². The minimum Gasteiger partial charge on any atom is -0.315 e. The van der Waals surface area contributed by atoms with E-state index in [2.05, 4.69) is 15.0 Å². The smallest absolute Gasteiger partial charge is 0.263 e. The molecular weight excluding hydrogens is 250 g/mol. The Labute approximate surface area is 106 Å². The van der Waals surface area contributed by atoms with Crippen molar-refractivity contribution in [1.82, 2.24) is 10.0 Å². The third kappa shape index (κ3) is 2.02. The molecule has 0 spiro atoms. The molecule has 3 rings (SSSR count). The summed E-state index contributed by atoms with van der Waals surface area (Å²) in [4.78, 5) is 4.86. The summed E-state index contributed by atoms with van der Waals surface area (Å²) in [7, 11) is -3.41. The summed E-state index contributed by atoms with van der Waals surface area (Å²) < 4.78 is 26.3. The molecule has 0 radical (unpaired) electrons. The standard InChI is InChI=1S/C12H15N3O2S/c16-18(17)11-6-2-1-5-10(11)12(15-18)14-9-4-3-7-13-8-9/h1-2,5-6,9,13H,3-4,7-8H2,(H,14,15)/t9-/m0/s1. The largest absolute Gasteiger partial charge is 0.315 e. The van der Waals surface area contributed by atoms with Gasteiger partial charge in [-0.15, -0.1) is 0 Å². The van der Waals surface area contributed by atoms with E-state index in [1.54, 1.807) is 18.2 Å². The molecule has 0 saturated carbocycles. The molecule has 0 aliphatic carbocycles. The van der Waals surface area contributed by atoms with Crippen molar-refractivity contribution in [2.75, 3.05) is 13.1 Å². The van der Waals surface area contributed by atoms with Crippen LogP contribution in [-0.2, 0) is 10.0 Å². The number of nitrogens with zero attached hydrogens (tertiary/aromatic N) is 1. The van der Waals surface area contributed by atoms with Crippen molar-refractivity contribution in [2.24, 2.45) is 4.99 Å². The number of amidine groups is 1. The summed E-state index contributed by atoms with van der Waals surface area (Å²) in [6.07, 6.45) is 2.08. The summed E-state index contributed by atoms with van der Waals surface area (Å²) >= 11 is 0. The van der Waals surface area contributed by atoms with E-state index in [9.17, 15) is 8.42 Å². The molecule has 1 aromatic rings. The van der Waals surface area contributed by atoms with Gasteiger partial charge >= 0.3 is 0 Å². The molecule has 0 amide bonds. The first-order chi connectivity index (χ1) is 8.67. The van der Waals surface area contributed by atoms with Gasteiger partial charge in [0.2, 0.25) is 0 Å². The van der Waals surface area contributed by atoms with Gasteiger partial charge in [0, 0.05) is 12.1 Å². The average Bonchev–Trinajstić information content (AvgIpc) is 2.63. The second-order valence-corrected chi connectivity index (χ2v) is 6.23. The van der Waals surface area contributed by atoms with Crippen LogP contribution in [0.4, 0.5) is 0 Å². The third-order valence-corrected chi connectivity index (χ3v) is 4.64. The number of sulfonamides is 1. The number of nitrogens with one attached hydrogen (secondary N) is 2. The first-order valence-corrected chi connectivity index (χ1v) is 7.56. The SMILES string of the molecule is O=S1(=O)NC(=N[C@H]2CCCNC2)c2ccccc21. The van der Waals surface area contributed by atoms with Crippen molar-refractivity contribution in [1.29, 1.82) is 0 Å². The molecule has 2 aliphatic rings. The van der Waals surface area contributed by atoms with Crippen LogP contribution >= 0.6 is 0 Å². The van der Waals surface area contributed by atoms with Gasteiger partial charge in [0.15, 0.2) is 0 Å². The molecule has 0 bridgehead atoms. The molecule has 96 valence electrons. The molecule has 1 fully saturated rings. The van der Waals surface area contributed by atoms with E-state index in [0.29, 0.717) is 16.3 Å². The predicted molar refractivity (Wildman–Crippen MR) is 69.2 cm³/mol. The molecule has 0 aromatic heterocycles. The fraction of sp³-hybridized carbons (Fsp3) is 0.417. The van der Waals surface area contributed by atoms with Crippen molar-refractivity contribution in [3.63, 3.8) is 0 Å². The molecule has 18 heavy (non-hydrogen) atoms. The molecular formula is C12H15N3O2S. The summed E-state index contributed by atoms with van der Waals surface area (Å²) in [5, 5.41) is 3.27. The number of piperidine rings is 1. The minimum atomic E-state index is -3.41. The lowest BCUT2D eigenvalue weighted by Gasteiger charge is -2.19. The van der Waals surface area contributed by atoms with Gasteiger partial charge in [0.25, 0.3) is 10.0 Å². The Kier molecular flexibility index (Phi) is 2.83. The number of aliphatic imine (C=N–C) groups is 1. The van der Waals surface area contributed by atoms with Crippen molar-refractivity contribution < 1.29 is 8.42 Å². The Hall–Kier alpha value is -1.40. The van der Waals surface area contributed by atoms with Crippen LogP contribution in [0.15, 0.2) is 34.2 Å². The number of hydrogen-bond acceptors (Lipinski definition) is 4. The minimum absolute atomic E-state index is 0.155. The zero-order valence-electron chi connectivity index (χ0n) is 9.89. The Morgan fingerprint density at radius 3 is 2.89 bits per heavy atom. The van der Waals surface area contributed by atoms with Gasteiger partial charge in [0.05, 0.1) is 10.9 Å². The van der Waals surface area contributed by atoms with Gasteiger partial charge in [-0.05, 0) is 31.5 Å². The Morgan fingerprint density at radius 2 is 2.11 bits per heavy atom. The third-order valence-electron chi connectivity index (χ3n) is 3.25. The number of fused-ring (bicyclic) bond motifs is 1.